The summed E-state index contributed by atoms with van der Waals surface area (Å²) in [5, 5.41) is 4.29. The molecule has 2 heterocycles. The Bertz CT molecular complexity index is 1230. The summed E-state index contributed by atoms with van der Waals surface area (Å²) in [4.78, 5) is 16.5. The minimum absolute atomic E-state index is 0.0502. The van der Waals surface area contributed by atoms with Gasteiger partial charge in [0.2, 0.25) is 5.06 Å². The first-order valence-electron chi connectivity index (χ1n) is 8.09. The van der Waals surface area contributed by atoms with Crippen LogP contribution in [0.25, 0.3) is 5.69 Å². The third-order valence-electron chi connectivity index (χ3n) is 3.95. The minimum Gasteiger partial charge on any atom is -0.442 e. The normalized spacial score (nSPS) is 11.0. The lowest BCUT2D eigenvalue weighted by Crippen LogP contribution is -2.24. The number of benzene rings is 2. The van der Waals surface area contributed by atoms with Crippen LogP contribution in [0.2, 0.25) is 0 Å². The summed E-state index contributed by atoms with van der Waals surface area (Å²) in [6.07, 6.45) is 2.57. The van der Waals surface area contributed by atoms with Gasteiger partial charge in [-0.15, -0.1) is 0 Å². The van der Waals surface area contributed by atoms with Gasteiger partial charge >= 0.3 is 5.69 Å². The molecule has 0 spiro atoms. The number of halogens is 4. The maximum atomic E-state index is 14.4. The monoisotopic (exact) mass is 482 g/mol. The molecule has 0 aliphatic heterocycles. The predicted octanol–water partition coefficient (Wildman–Crippen LogP) is 4.51. The molecule has 0 aliphatic rings. The molecule has 0 radical (unpaired) electrons. The average molecular weight is 483 g/mol. The maximum Gasteiger partial charge on any atom is 0.350 e. The smallest absolute Gasteiger partial charge is 0.350 e. The van der Waals surface area contributed by atoms with Gasteiger partial charge in [0, 0.05) is 11.6 Å². The zero-order chi connectivity index (χ0) is 20.5. The highest BCUT2D eigenvalue weighted by molar-refractivity contribution is 9.11. The number of thiazole rings is 1. The fraction of sp³-hybridized carbons (Fsp3) is 0.0556. The maximum absolute atomic E-state index is 14.4. The zero-order valence-electron chi connectivity index (χ0n) is 14.4. The summed E-state index contributed by atoms with van der Waals surface area (Å²) < 4.78 is 50.0. The standard InChI is InChI=1S/C18H10BrF3N4O2S/c19-17-23-7-16(29-17)28-15-5-4-10(6-14(15)22)26-18(27)25(9-24-26)8-11-12(20)2-1-3-13(11)21/h1-7,9H,8H2. The van der Waals surface area contributed by atoms with Crippen molar-refractivity contribution in [3.8, 4) is 16.5 Å². The molecular weight excluding hydrogens is 473 g/mol. The summed E-state index contributed by atoms with van der Waals surface area (Å²) in [6.45, 7) is -0.346. The van der Waals surface area contributed by atoms with Crippen LogP contribution in [0.5, 0.6) is 10.8 Å². The molecule has 4 aromatic rings. The molecule has 29 heavy (non-hydrogen) atoms. The second-order valence-electron chi connectivity index (χ2n) is 5.80. The average Bonchev–Trinajstić information content (AvgIpc) is 3.26. The van der Waals surface area contributed by atoms with Crippen LogP contribution < -0.4 is 10.4 Å². The van der Waals surface area contributed by atoms with Gasteiger partial charge in [-0.05, 0) is 40.2 Å². The van der Waals surface area contributed by atoms with Crippen LogP contribution in [-0.2, 0) is 6.54 Å². The van der Waals surface area contributed by atoms with Crippen LogP contribution in [0.15, 0.2) is 57.6 Å². The van der Waals surface area contributed by atoms with Crippen LogP contribution in [-0.4, -0.2) is 19.3 Å². The van der Waals surface area contributed by atoms with E-state index >= 15 is 0 Å². The highest BCUT2D eigenvalue weighted by Crippen LogP contribution is 2.32. The van der Waals surface area contributed by atoms with Gasteiger partial charge in [-0.2, -0.15) is 9.78 Å². The number of hydrogen-bond acceptors (Lipinski definition) is 5. The van der Waals surface area contributed by atoms with Crippen molar-refractivity contribution in [2.45, 2.75) is 6.54 Å². The van der Waals surface area contributed by atoms with Gasteiger partial charge in [0.25, 0.3) is 0 Å². The van der Waals surface area contributed by atoms with Crippen LogP contribution in [0, 0.1) is 17.5 Å². The molecule has 0 aliphatic carbocycles. The lowest BCUT2D eigenvalue weighted by Gasteiger charge is -2.06. The van der Waals surface area contributed by atoms with Crippen molar-refractivity contribution < 1.29 is 17.9 Å². The van der Waals surface area contributed by atoms with Crippen LogP contribution >= 0.6 is 27.3 Å². The van der Waals surface area contributed by atoms with Gasteiger partial charge in [0.05, 0.1) is 18.4 Å². The molecule has 6 nitrogen and oxygen atoms in total. The largest absolute Gasteiger partial charge is 0.442 e. The van der Waals surface area contributed by atoms with Crippen molar-refractivity contribution in [1.29, 1.82) is 0 Å². The zero-order valence-corrected chi connectivity index (χ0v) is 16.8. The number of aromatic nitrogens is 4. The van der Waals surface area contributed by atoms with E-state index in [-0.39, 0.29) is 23.5 Å². The molecule has 2 aromatic heterocycles. The Morgan fingerprint density at radius 1 is 1.10 bits per heavy atom. The summed E-state index contributed by atoms with van der Waals surface area (Å²) in [5.74, 6) is -2.31. The van der Waals surface area contributed by atoms with E-state index in [9.17, 15) is 18.0 Å². The lowest BCUT2D eigenvalue weighted by atomic mass is 10.2. The van der Waals surface area contributed by atoms with E-state index in [0.717, 1.165) is 33.8 Å². The van der Waals surface area contributed by atoms with E-state index < -0.39 is 23.1 Å². The molecule has 2 aromatic carbocycles. The summed E-state index contributed by atoms with van der Waals surface area (Å²) in [7, 11) is 0. The summed E-state index contributed by atoms with van der Waals surface area (Å²) in [6, 6.07) is 7.30. The Morgan fingerprint density at radius 2 is 1.86 bits per heavy atom. The Kier molecular flexibility index (Phi) is 5.24. The Morgan fingerprint density at radius 3 is 2.52 bits per heavy atom. The van der Waals surface area contributed by atoms with Crippen molar-refractivity contribution in [3.05, 3.63) is 86.3 Å². The summed E-state index contributed by atoms with van der Waals surface area (Å²) in [5.41, 5.74) is -0.801. The summed E-state index contributed by atoms with van der Waals surface area (Å²) >= 11 is 4.37. The third kappa shape index (κ3) is 3.96. The first-order chi connectivity index (χ1) is 13.9. The fourth-order valence-corrected chi connectivity index (χ4v) is 3.66. The van der Waals surface area contributed by atoms with Gasteiger partial charge in [0.15, 0.2) is 15.5 Å². The first-order valence-corrected chi connectivity index (χ1v) is 9.70. The van der Waals surface area contributed by atoms with Gasteiger partial charge in [-0.3, -0.25) is 4.57 Å². The van der Waals surface area contributed by atoms with Crippen molar-refractivity contribution in [2.75, 3.05) is 0 Å². The molecule has 0 saturated carbocycles. The molecule has 148 valence electrons. The van der Waals surface area contributed by atoms with Crippen molar-refractivity contribution >= 4 is 27.3 Å². The highest BCUT2D eigenvalue weighted by Gasteiger charge is 2.15. The van der Waals surface area contributed by atoms with E-state index in [1.807, 2.05) is 0 Å². The number of nitrogens with zero attached hydrogens (tertiary/aromatic N) is 4. The Balaban J connectivity index is 1.61. The highest BCUT2D eigenvalue weighted by atomic mass is 79.9. The molecule has 0 N–H and O–H groups in total. The van der Waals surface area contributed by atoms with Crippen molar-refractivity contribution in [2.24, 2.45) is 0 Å². The molecule has 0 saturated heterocycles. The van der Waals surface area contributed by atoms with Crippen molar-refractivity contribution in [3.63, 3.8) is 0 Å². The molecule has 11 heteroatoms. The SMILES string of the molecule is O=c1n(Cc2c(F)cccc2F)cnn1-c1ccc(Oc2cnc(Br)s2)c(F)c1. The minimum atomic E-state index is -0.771. The van der Waals surface area contributed by atoms with Gasteiger partial charge < -0.3 is 4.74 Å². The van der Waals surface area contributed by atoms with E-state index in [2.05, 4.69) is 26.0 Å². The third-order valence-corrected chi connectivity index (χ3v) is 5.30. The van der Waals surface area contributed by atoms with Crippen LogP contribution in [0.1, 0.15) is 5.56 Å². The molecule has 0 amide bonds. The predicted molar refractivity (Wildman–Crippen MR) is 103 cm³/mol. The molecule has 0 bridgehead atoms. The Labute approximate surface area is 174 Å². The van der Waals surface area contributed by atoms with Gasteiger partial charge in [-0.25, -0.2) is 22.9 Å². The van der Waals surface area contributed by atoms with E-state index in [1.165, 1.54) is 35.7 Å². The van der Waals surface area contributed by atoms with Gasteiger partial charge in [0.1, 0.15) is 18.0 Å². The second kappa shape index (κ2) is 7.84. The molecule has 0 fully saturated rings. The quantitative estimate of drug-likeness (QED) is 0.419. The molecule has 4 rings (SSSR count). The first kappa shape index (κ1) is 19.4. The number of ether oxygens (including phenoxy) is 1. The number of rotatable bonds is 5. The van der Waals surface area contributed by atoms with Crippen molar-refractivity contribution in [1.82, 2.24) is 19.3 Å². The van der Waals surface area contributed by atoms with Gasteiger partial charge in [-0.1, -0.05) is 17.4 Å². The van der Waals surface area contributed by atoms with E-state index in [1.54, 1.807) is 0 Å². The number of hydrogen-bond donors (Lipinski definition) is 0. The molecule has 0 unspecified atom stereocenters. The lowest BCUT2D eigenvalue weighted by molar-refractivity contribution is 0.451. The second-order valence-corrected chi connectivity index (χ2v) is 8.07. The van der Waals surface area contributed by atoms with Crippen LogP contribution in [0.3, 0.4) is 0 Å². The van der Waals surface area contributed by atoms with Crippen LogP contribution in [0.4, 0.5) is 13.2 Å². The fourth-order valence-electron chi connectivity index (χ4n) is 2.57. The van der Waals surface area contributed by atoms with E-state index in [0.29, 0.717) is 8.98 Å². The Hall–Kier alpha value is -2.92. The van der Waals surface area contributed by atoms with E-state index in [4.69, 9.17) is 4.74 Å². The molecular formula is C18H10BrF3N4O2S. The molecule has 0 atom stereocenters. The topological polar surface area (TPSA) is 61.9 Å².